The molecule has 5 heteroatoms. The van der Waals surface area contributed by atoms with Gasteiger partial charge in [-0.05, 0) is 33.5 Å². The van der Waals surface area contributed by atoms with Crippen LogP contribution in [0, 0.1) is 0 Å². The molecule has 1 heterocycles. The third-order valence-corrected chi connectivity index (χ3v) is 3.39. The lowest BCUT2D eigenvalue weighted by Crippen LogP contribution is -2.47. The lowest BCUT2D eigenvalue weighted by Gasteiger charge is -2.35. The molecule has 19 heavy (non-hydrogen) atoms. The Bertz CT molecular complexity index is 290. The van der Waals surface area contributed by atoms with Crippen LogP contribution in [0.2, 0.25) is 0 Å². The van der Waals surface area contributed by atoms with Gasteiger partial charge in [0.1, 0.15) is 0 Å². The van der Waals surface area contributed by atoms with Crippen molar-refractivity contribution in [1.29, 1.82) is 0 Å². The molecule has 2 N–H and O–H groups in total. The summed E-state index contributed by atoms with van der Waals surface area (Å²) in [5.41, 5.74) is 0. The van der Waals surface area contributed by atoms with E-state index in [0.717, 1.165) is 19.5 Å². The maximum atomic E-state index is 11.6. The summed E-state index contributed by atoms with van der Waals surface area (Å²) in [6.45, 7) is 3.36. The molecule has 0 aromatic heterocycles. The van der Waals surface area contributed by atoms with E-state index in [2.05, 4.69) is 10.2 Å². The van der Waals surface area contributed by atoms with Crippen LogP contribution >= 0.6 is 0 Å². The van der Waals surface area contributed by atoms with E-state index < -0.39 is 0 Å². The van der Waals surface area contributed by atoms with Crippen LogP contribution in [0.15, 0.2) is 12.2 Å². The molecule has 1 aliphatic heterocycles. The predicted octanol–water partition coefficient (Wildman–Crippen LogP) is 0.0672. The van der Waals surface area contributed by atoms with E-state index in [4.69, 9.17) is 5.11 Å². The van der Waals surface area contributed by atoms with E-state index in [-0.39, 0.29) is 12.5 Å². The summed E-state index contributed by atoms with van der Waals surface area (Å²) in [6, 6.07) is 0.368. The molecule has 1 amide bonds. The van der Waals surface area contributed by atoms with Crippen LogP contribution in [0.4, 0.5) is 0 Å². The molecule has 0 aromatic carbocycles. The largest absolute Gasteiger partial charge is 0.395 e. The molecule has 0 bridgehead atoms. The van der Waals surface area contributed by atoms with E-state index in [1.807, 2.05) is 25.1 Å². The molecule has 0 spiro atoms. The second-order valence-corrected chi connectivity index (χ2v) is 5.32. The summed E-state index contributed by atoms with van der Waals surface area (Å²) in [6.07, 6.45) is 6.95. The number of nitrogens with one attached hydrogen (secondary N) is 1. The number of carbonyl (C=O) groups is 1. The van der Waals surface area contributed by atoms with Crippen LogP contribution in [0.3, 0.4) is 0 Å². The number of amides is 1. The van der Waals surface area contributed by atoms with Crippen molar-refractivity contribution >= 4 is 5.91 Å². The average Bonchev–Trinajstić information content (AvgIpc) is 2.37. The normalized spacial score (nSPS) is 21.2. The maximum absolute atomic E-state index is 11.6. The van der Waals surface area contributed by atoms with Crippen LogP contribution < -0.4 is 5.32 Å². The first-order valence-electron chi connectivity index (χ1n) is 7.07. The minimum absolute atomic E-state index is 0.0311. The minimum Gasteiger partial charge on any atom is -0.395 e. The van der Waals surface area contributed by atoms with E-state index in [0.29, 0.717) is 19.1 Å². The standard InChI is InChI=1S/C14H27N3O2/c1-16(2)8-5-7-14(19)15-12-13-6-3-4-9-17(13)10-11-18/h5,7,13,18H,3-4,6,8-12H2,1-2H3,(H,15,19)/b7-5+. The van der Waals surface area contributed by atoms with Gasteiger partial charge in [0.15, 0.2) is 0 Å². The highest BCUT2D eigenvalue weighted by molar-refractivity contribution is 5.87. The number of piperidine rings is 1. The monoisotopic (exact) mass is 269 g/mol. The summed E-state index contributed by atoms with van der Waals surface area (Å²) < 4.78 is 0. The van der Waals surface area contributed by atoms with Crippen molar-refractivity contribution in [1.82, 2.24) is 15.1 Å². The molecule has 1 rings (SSSR count). The fourth-order valence-electron chi connectivity index (χ4n) is 2.36. The highest BCUT2D eigenvalue weighted by atomic mass is 16.3. The summed E-state index contributed by atoms with van der Waals surface area (Å²) in [7, 11) is 3.94. The molecule has 0 radical (unpaired) electrons. The molecule has 0 saturated carbocycles. The minimum atomic E-state index is -0.0311. The molecule has 1 atom stereocenters. The second kappa shape index (κ2) is 9.07. The molecule has 1 fully saturated rings. The summed E-state index contributed by atoms with van der Waals surface area (Å²) in [5, 5.41) is 12.0. The number of hydrogen-bond acceptors (Lipinski definition) is 4. The van der Waals surface area contributed by atoms with E-state index in [9.17, 15) is 4.79 Å². The van der Waals surface area contributed by atoms with Crippen molar-refractivity contribution in [2.24, 2.45) is 0 Å². The van der Waals surface area contributed by atoms with Gasteiger partial charge in [-0.25, -0.2) is 0 Å². The Labute approximate surface area is 116 Å². The van der Waals surface area contributed by atoms with Crippen molar-refractivity contribution < 1.29 is 9.90 Å². The number of hydrogen-bond donors (Lipinski definition) is 2. The number of aliphatic hydroxyl groups is 1. The first-order chi connectivity index (χ1) is 9.13. The topological polar surface area (TPSA) is 55.8 Å². The molecule has 1 aliphatic rings. The molecule has 0 aliphatic carbocycles. The summed E-state index contributed by atoms with van der Waals surface area (Å²) >= 11 is 0. The Kier molecular flexibility index (Phi) is 7.70. The van der Waals surface area contributed by atoms with Gasteiger partial charge in [-0.1, -0.05) is 12.5 Å². The van der Waals surface area contributed by atoms with E-state index >= 15 is 0 Å². The van der Waals surface area contributed by atoms with Gasteiger partial charge in [-0.3, -0.25) is 9.69 Å². The van der Waals surface area contributed by atoms with Crippen molar-refractivity contribution in [3.05, 3.63) is 12.2 Å². The molecule has 0 aromatic rings. The van der Waals surface area contributed by atoms with Crippen LogP contribution in [0.5, 0.6) is 0 Å². The van der Waals surface area contributed by atoms with Gasteiger partial charge in [0.2, 0.25) is 5.91 Å². The number of likely N-dealkylation sites (N-methyl/N-ethyl adjacent to an activating group) is 1. The zero-order valence-corrected chi connectivity index (χ0v) is 12.1. The Hall–Kier alpha value is -0.910. The van der Waals surface area contributed by atoms with Gasteiger partial charge in [0.25, 0.3) is 0 Å². The zero-order valence-electron chi connectivity index (χ0n) is 12.1. The van der Waals surface area contributed by atoms with Gasteiger partial charge < -0.3 is 15.3 Å². The molecule has 5 nitrogen and oxygen atoms in total. The highest BCUT2D eigenvalue weighted by Gasteiger charge is 2.21. The fraction of sp³-hybridized carbons (Fsp3) is 0.786. The Morgan fingerprint density at radius 1 is 1.47 bits per heavy atom. The first kappa shape index (κ1) is 16.1. The van der Waals surface area contributed by atoms with Gasteiger partial charge in [-0.15, -0.1) is 0 Å². The summed E-state index contributed by atoms with van der Waals surface area (Å²) in [4.78, 5) is 15.9. The predicted molar refractivity (Wildman–Crippen MR) is 77.0 cm³/mol. The van der Waals surface area contributed by atoms with Crippen LogP contribution in [0.1, 0.15) is 19.3 Å². The van der Waals surface area contributed by atoms with Gasteiger partial charge in [0.05, 0.1) is 6.61 Å². The fourth-order valence-corrected chi connectivity index (χ4v) is 2.36. The quantitative estimate of drug-likeness (QED) is 0.642. The molecule has 1 unspecified atom stereocenters. The van der Waals surface area contributed by atoms with E-state index in [1.54, 1.807) is 6.08 Å². The highest BCUT2D eigenvalue weighted by Crippen LogP contribution is 2.15. The molecule has 1 saturated heterocycles. The number of aliphatic hydroxyl groups excluding tert-OH is 1. The van der Waals surface area contributed by atoms with Crippen LogP contribution in [-0.4, -0.2) is 73.7 Å². The smallest absolute Gasteiger partial charge is 0.243 e. The van der Waals surface area contributed by atoms with Gasteiger partial charge in [-0.2, -0.15) is 0 Å². The van der Waals surface area contributed by atoms with Crippen molar-refractivity contribution in [2.45, 2.75) is 25.3 Å². The zero-order chi connectivity index (χ0) is 14.1. The Balaban J connectivity index is 2.29. The molecular weight excluding hydrogens is 242 g/mol. The molecule has 110 valence electrons. The summed E-state index contributed by atoms with van der Waals surface area (Å²) in [5.74, 6) is -0.0311. The third-order valence-electron chi connectivity index (χ3n) is 3.39. The Morgan fingerprint density at radius 3 is 2.95 bits per heavy atom. The molecular formula is C14H27N3O2. The average molecular weight is 269 g/mol. The van der Waals surface area contributed by atoms with Crippen molar-refractivity contribution in [3.8, 4) is 0 Å². The lowest BCUT2D eigenvalue weighted by molar-refractivity contribution is -0.116. The number of β-amino-alcohol motifs (C(OH)–C–C–N with tert-alkyl or cyclic N) is 1. The van der Waals surface area contributed by atoms with Crippen LogP contribution in [0.25, 0.3) is 0 Å². The van der Waals surface area contributed by atoms with Gasteiger partial charge >= 0.3 is 0 Å². The first-order valence-corrected chi connectivity index (χ1v) is 7.07. The third kappa shape index (κ3) is 6.71. The van der Waals surface area contributed by atoms with Crippen molar-refractivity contribution in [3.63, 3.8) is 0 Å². The Morgan fingerprint density at radius 2 is 2.26 bits per heavy atom. The number of nitrogens with zero attached hydrogens (tertiary/aromatic N) is 2. The SMILES string of the molecule is CN(C)C/C=C/C(=O)NCC1CCCCN1CCO. The van der Waals surface area contributed by atoms with Crippen molar-refractivity contribution in [2.75, 3.05) is 46.9 Å². The van der Waals surface area contributed by atoms with Crippen LogP contribution in [-0.2, 0) is 4.79 Å². The number of rotatable bonds is 7. The van der Waals surface area contributed by atoms with E-state index in [1.165, 1.54) is 12.8 Å². The number of carbonyl (C=O) groups excluding carboxylic acids is 1. The second-order valence-electron chi connectivity index (χ2n) is 5.32. The number of likely N-dealkylation sites (tertiary alicyclic amines) is 1. The lowest BCUT2D eigenvalue weighted by atomic mass is 10.0. The maximum Gasteiger partial charge on any atom is 0.243 e. The van der Waals surface area contributed by atoms with Gasteiger partial charge in [0, 0.05) is 31.8 Å².